The molecule has 0 fully saturated rings. The Kier molecular flexibility index (Phi) is 4.81. The Hall–Kier alpha value is -2.68. The highest BCUT2D eigenvalue weighted by Crippen LogP contribution is 2.33. The van der Waals surface area contributed by atoms with E-state index in [4.69, 9.17) is 0 Å². The molecule has 0 unspecified atom stereocenters. The van der Waals surface area contributed by atoms with Gasteiger partial charge in [0, 0.05) is 20.3 Å². The van der Waals surface area contributed by atoms with E-state index in [0.717, 1.165) is 10.1 Å². The van der Waals surface area contributed by atoms with Gasteiger partial charge in [-0.15, -0.1) is 0 Å². The third kappa shape index (κ3) is 2.73. The molecule has 27 heavy (non-hydrogen) atoms. The second kappa shape index (κ2) is 6.80. The van der Waals surface area contributed by atoms with E-state index < -0.39 is 36.6 Å². The van der Waals surface area contributed by atoms with Crippen molar-refractivity contribution < 1.29 is 15.3 Å². The second-order valence-corrected chi connectivity index (χ2v) is 6.88. The number of fused-ring (bicyclic) bond motifs is 1. The van der Waals surface area contributed by atoms with Gasteiger partial charge in [0.2, 0.25) is 0 Å². The van der Waals surface area contributed by atoms with E-state index in [0.29, 0.717) is 16.8 Å². The quantitative estimate of drug-likeness (QED) is 0.568. The summed E-state index contributed by atoms with van der Waals surface area (Å²) in [5.41, 5.74) is 0.0928. The SMILES string of the molecule is Cc1ccc(-c2c3c(=O)n(C)c(=O)n(C)c3cn2C(CO)(CO)CO)cc1. The van der Waals surface area contributed by atoms with Crippen molar-refractivity contribution in [3.05, 3.63) is 56.9 Å². The number of aliphatic hydroxyl groups is 3. The maximum absolute atomic E-state index is 12.9. The summed E-state index contributed by atoms with van der Waals surface area (Å²) in [7, 11) is 2.95. The summed E-state index contributed by atoms with van der Waals surface area (Å²) in [4.78, 5) is 25.2. The first-order valence-corrected chi connectivity index (χ1v) is 8.52. The van der Waals surface area contributed by atoms with Gasteiger partial charge < -0.3 is 19.9 Å². The van der Waals surface area contributed by atoms with Crippen molar-refractivity contribution >= 4 is 10.9 Å². The summed E-state index contributed by atoms with van der Waals surface area (Å²) in [6.45, 7) is 0.291. The fourth-order valence-corrected chi connectivity index (χ4v) is 3.29. The molecule has 0 spiro atoms. The third-order valence-electron chi connectivity index (χ3n) is 5.16. The minimum absolute atomic E-state index is 0.281. The highest BCUT2D eigenvalue weighted by atomic mass is 16.3. The van der Waals surface area contributed by atoms with Crippen LogP contribution < -0.4 is 11.2 Å². The van der Waals surface area contributed by atoms with Crippen LogP contribution in [0.5, 0.6) is 0 Å². The van der Waals surface area contributed by atoms with Gasteiger partial charge in [-0.05, 0) is 12.5 Å². The van der Waals surface area contributed by atoms with Gasteiger partial charge >= 0.3 is 5.69 Å². The molecule has 2 heterocycles. The molecule has 3 N–H and O–H groups in total. The van der Waals surface area contributed by atoms with Gasteiger partial charge in [0.05, 0.1) is 36.4 Å². The van der Waals surface area contributed by atoms with Crippen LogP contribution in [0.3, 0.4) is 0 Å². The summed E-state index contributed by atoms with van der Waals surface area (Å²) in [5.74, 6) is 0. The van der Waals surface area contributed by atoms with Crippen LogP contribution in [-0.4, -0.2) is 48.8 Å². The van der Waals surface area contributed by atoms with E-state index in [2.05, 4.69) is 0 Å². The fourth-order valence-electron chi connectivity index (χ4n) is 3.29. The predicted molar refractivity (Wildman–Crippen MR) is 102 cm³/mol. The van der Waals surface area contributed by atoms with Crippen LogP contribution in [0.1, 0.15) is 5.56 Å². The maximum atomic E-state index is 12.9. The maximum Gasteiger partial charge on any atom is 0.330 e. The second-order valence-electron chi connectivity index (χ2n) is 6.88. The monoisotopic (exact) mass is 373 g/mol. The molecule has 8 heteroatoms. The lowest BCUT2D eigenvalue weighted by atomic mass is 10.0. The molecule has 0 radical (unpaired) electrons. The molecule has 0 bridgehead atoms. The third-order valence-corrected chi connectivity index (χ3v) is 5.16. The minimum Gasteiger partial charge on any atom is -0.394 e. The summed E-state index contributed by atoms with van der Waals surface area (Å²) in [6.07, 6.45) is 1.52. The van der Waals surface area contributed by atoms with E-state index in [1.54, 1.807) is 7.05 Å². The smallest absolute Gasteiger partial charge is 0.330 e. The first-order valence-electron chi connectivity index (χ1n) is 8.52. The summed E-state index contributed by atoms with van der Waals surface area (Å²) in [5, 5.41) is 30.1. The van der Waals surface area contributed by atoms with Crippen molar-refractivity contribution in [1.82, 2.24) is 13.7 Å². The summed E-state index contributed by atoms with van der Waals surface area (Å²) in [6, 6.07) is 7.40. The molecular weight excluding hydrogens is 350 g/mol. The molecule has 0 aliphatic rings. The topological polar surface area (TPSA) is 110 Å². The summed E-state index contributed by atoms with van der Waals surface area (Å²) < 4.78 is 3.86. The lowest BCUT2D eigenvalue weighted by Gasteiger charge is -2.31. The number of hydrogen-bond donors (Lipinski definition) is 3. The van der Waals surface area contributed by atoms with E-state index >= 15 is 0 Å². The zero-order valence-corrected chi connectivity index (χ0v) is 15.5. The molecule has 3 aromatic rings. The Balaban J connectivity index is 2.56. The Morgan fingerprint density at radius 2 is 1.48 bits per heavy atom. The number of aromatic nitrogens is 3. The van der Waals surface area contributed by atoms with Crippen LogP contribution in [0.25, 0.3) is 22.2 Å². The van der Waals surface area contributed by atoms with Crippen LogP contribution in [0.15, 0.2) is 40.1 Å². The van der Waals surface area contributed by atoms with E-state index in [-0.39, 0.29) is 5.39 Å². The average molecular weight is 373 g/mol. The highest BCUT2D eigenvalue weighted by molar-refractivity contribution is 5.94. The Labute approximate surface area is 155 Å². The molecule has 0 atom stereocenters. The number of hydrogen-bond acceptors (Lipinski definition) is 5. The van der Waals surface area contributed by atoms with Gasteiger partial charge in [0.25, 0.3) is 5.56 Å². The fraction of sp³-hybridized carbons (Fsp3) is 0.368. The Bertz CT molecular complexity index is 1090. The Morgan fingerprint density at radius 1 is 0.926 bits per heavy atom. The van der Waals surface area contributed by atoms with Crippen molar-refractivity contribution in [2.45, 2.75) is 12.5 Å². The van der Waals surface area contributed by atoms with Crippen molar-refractivity contribution in [1.29, 1.82) is 0 Å². The average Bonchev–Trinajstić information content (AvgIpc) is 3.08. The van der Waals surface area contributed by atoms with Crippen LogP contribution in [0.2, 0.25) is 0 Å². The molecule has 0 aliphatic carbocycles. The Morgan fingerprint density at radius 3 is 2.00 bits per heavy atom. The van der Waals surface area contributed by atoms with Crippen molar-refractivity contribution in [3.63, 3.8) is 0 Å². The minimum atomic E-state index is -1.43. The normalized spacial score (nSPS) is 12.1. The predicted octanol–water partition coefficient (Wildman–Crippen LogP) is -0.314. The van der Waals surface area contributed by atoms with Gasteiger partial charge in [-0.1, -0.05) is 29.8 Å². The number of nitrogens with zero attached hydrogens (tertiary/aromatic N) is 3. The number of rotatable bonds is 5. The first kappa shape index (κ1) is 19.1. The molecule has 3 rings (SSSR count). The molecule has 1 aromatic carbocycles. The molecule has 144 valence electrons. The number of aryl methyl sites for hydroxylation is 2. The number of benzene rings is 1. The number of aliphatic hydroxyl groups excluding tert-OH is 3. The lowest BCUT2D eigenvalue weighted by Crippen LogP contribution is -2.44. The molecule has 0 saturated carbocycles. The highest BCUT2D eigenvalue weighted by Gasteiger charge is 2.34. The molecule has 0 aliphatic heterocycles. The molecule has 0 amide bonds. The zero-order chi connectivity index (χ0) is 19.9. The van der Waals surface area contributed by atoms with E-state index in [1.165, 1.54) is 22.4 Å². The molecule has 0 saturated heterocycles. The molecular formula is C19H23N3O5. The standard InChI is InChI=1S/C19H23N3O5/c1-12-4-6-13(7-5-12)16-15-14(20(2)18(27)21(3)17(15)26)8-22(16)19(9-23,10-24)11-25/h4-8,23-25H,9-11H2,1-3H3. The summed E-state index contributed by atoms with van der Waals surface area (Å²) >= 11 is 0. The lowest BCUT2D eigenvalue weighted by molar-refractivity contribution is 0.0168. The van der Waals surface area contributed by atoms with Gasteiger partial charge in [-0.2, -0.15) is 0 Å². The van der Waals surface area contributed by atoms with Crippen molar-refractivity contribution in [2.75, 3.05) is 19.8 Å². The van der Waals surface area contributed by atoms with Gasteiger partial charge in [-0.25, -0.2) is 4.79 Å². The first-order chi connectivity index (χ1) is 12.8. The van der Waals surface area contributed by atoms with Crippen LogP contribution >= 0.6 is 0 Å². The molecule has 8 nitrogen and oxygen atoms in total. The van der Waals surface area contributed by atoms with E-state index in [9.17, 15) is 24.9 Å². The van der Waals surface area contributed by atoms with Crippen LogP contribution in [0, 0.1) is 6.92 Å². The van der Waals surface area contributed by atoms with Crippen molar-refractivity contribution in [2.24, 2.45) is 14.1 Å². The van der Waals surface area contributed by atoms with Crippen molar-refractivity contribution in [3.8, 4) is 11.3 Å². The van der Waals surface area contributed by atoms with E-state index in [1.807, 2.05) is 31.2 Å². The van der Waals surface area contributed by atoms with Gasteiger partial charge in [-0.3, -0.25) is 13.9 Å². The van der Waals surface area contributed by atoms with Gasteiger partial charge in [0.15, 0.2) is 0 Å². The van der Waals surface area contributed by atoms with Crippen LogP contribution in [0.4, 0.5) is 0 Å². The molecule has 2 aromatic heterocycles. The largest absolute Gasteiger partial charge is 0.394 e. The zero-order valence-electron chi connectivity index (χ0n) is 15.5. The van der Waals surface area contributed by atoms with Crippen LogP contribution in [-0.2, 0) is 19.6 Å². The van der Waals surface area contributed by atoms with Gasteiger partial charge in [0.1, 0.15) is 5.54 Å².